The number of alkyl halides is 3. The fraction of sp³-hybridized carbons (Fsp3) is 0.375. The number of fused-ring (bicyclic) bond motifs is 1. The third kappa shape index (κ3) is 5.58. The summed E-state index contributed by atoms with van der Waals surface area (Å²) in [4.78, 5) is 17.8. The normalized spacial score (nSPS) is 14.4. The third-order valence-electron chi connectivity index (χ3n) is 3.95. The molecular weight excluding hydrogens is 438 g/mol. The van der Waals surface area contributed by atoms with Crippen LogP contribution in [-0.4, -0.2) is 49.9 Å². The minimum atomic E-state index is -5.08. The highest BCUT2D eigenvalue weighted by molar-refractivity contribution is 6.36. The number of carbonyl (C=O) groups is 1. The number of nitrogens with one attached hydrogen (secondary N) is 1. The summed E-state index contributed by atoms with van der Waals surface area (Å²) in [7, 11) is 0. The Kier molecular flexibility index (Phi) is 6.30. The number of halogens is 5. The van der Waals surface area contributed by atoms with Gasteiger partial charge in [0.25, 0.3) is 0 Å². The zero-order chi connectivity index (χ0) is 21.2. The van der Waals surface area contributed by atoms with Crippen molar-refractivity contribution in [3.8, 4) is 0 Å². The van der Waals surface area contributed by atoms with Gasteiger partial charge in [0.1, 0.15) is 0 Å². The van der Waals surface area contributed by atoms with E-state index in [2.05, 4.69) is 20.4 Å². The zero-order valence-electron chi connectivity index (χ0n) is 14.6. The first-order valence-electron chi connectivity index (χ1n) is 8.26. The largest absolute Gasteiger partial charge is 0.490 e. The molecule has 0 aliphatic carbocycles. The van der Waals surface area contributed by atoms with Crippen LogP contribution in [0.25, 0.3) is 5.65 Å². The third-order valence-corrected chi connectivity index (χ3v) is 4.43. The fourth-order valence-electron chi connectivity index (χ4n) is 2.51. The average Bonchev–Trinajstić information content (AvgIpc) is 3.17. The standard InChI is InChI=1S/C14H13Cl2N5O.C2HF3O2/c15-9-2-11(16)14-18-10(7-21(14)6-9)3-13-19-12(20-22-13)1-8-4-17-5-8;3-2(4,5)1(6)7/h2,6-8,17H,1,3-5H2;(H,6,7). The van der Waals surface area contributed by atoms with Gasteiger partial charge in [0.15, 0.2) is 11.5 Å². The van der Waals surface area contributed by atoms with Crippen LogP contribution >= 0.6 is 23.2 Å². The Morgan fingerprint density at radius 2 is 2.00 bits per heavy atom. The van der Waals surface area contributed by atoms with Crippen molar-refractivity contribution in [1.82, 2.24) is 24.8 Å². The Labute approximate surface area is 171 Å². The van der Waals surface area contributed by atoms with E-state index in [1.54, 1.807) is 16.7 Å². The van der Waals surface area contributed by atoms with Crippen molar-refractivity contribution < 1.29 is 27.6 Å². The molecule has 0 bridgehead atoms. The lowest BCUT2D eigenvalue weighted by atomic mass is 9.99. The molecule has 156 valence electrons. The SMILES string of the molecule is Clc1cc(Cl)c2nc(Cc3nc(CC4CNC4)no3)cn2c1.O=C(O)C(F)(F)F. The molecule has 1 fully saturated rings. The van der Waals surface area contributed by atoms with E-state index in [-0.39, 0.29) is 0 Å². The molecule has 0 amide bonds. The van der Waals surface area contributed by atoms with Gasteiger partial charge >= 0.3 is 12.1 Å². The Bertz CT molecular complexity index is 1020. The van der Waals surface area contributed by atoms with Crippen LogP contribution in [0, 0.1) is 5.92 Å². The zero-order valence-corrected chi connectivity index (χ0v) is 16.1. The molecule has 3 aromatic heterocycles. The maximum Gasteiger partial charge on any atom is 0.490 e. The van der Waals surface area contributed by atoms with E-state index < -0.39 is 12.1 Å². The lowest BCUT2D eigenvalue weighted by Crippen LogP contribution is -2.43. The van der Waals surface area contributed by atoms with Crippen molar-refractivity contribution in [2.24, 2.45) is 5.92 Å². The van der Waals surface area contributed by atoms with E-state index in [0.29, 0.717) is 33.9 Å². The molecular formula is C16H14Cl2F3N5O3. The number of imidazole rings is 1. The number of aliphatic carboxylic acids is 1. The predicted octanol–water partition coefficient (Wildman–Crippen LogP) is 3.01. The molecule has 1 aliphatic rings. The van der Waals surface area contributed by atoms with Crippen LogP contribution in [-0.2, 0) is 17.6 Å². The van der Waals surface area contributed by atoms with Gasteiger partial charge < -0.3 is 19.3 Å². The monoisotopic (exact) mass is 451 g/mol. The van der Waals surface area contributed by atoms with Gasteiger partial charge in [0, 0.05) is 18.8 Å². The van der Waals surface area contributed by atoms with Crippen LogP contribution in [0.3, 0.4) is 0 Å². The molecule has 0 unspecified atom stereocenters. The first kappa shape index (κ1) is 21.3. The maximum absolute atomic E-state index is 10.6. The second-order valence-electron chi connectivity index (χ2n) is 6.28. The van der Waals surface area contributed by atoms with Gasteiger partial charge in [0.05, 0.1) is 22.2 Å². The molecule has 8 nitrogen and oxygen atoms in total. The number of nitrogens with zero attached hydrogens (tertiary/aromatic N) is 4. The van der Waals surface area contributed by atoms with Crippen molar-refractivity contribution in [2.75, 3.05) is 13.1 Å². The molecule has 3 aromatic rings. The number of carboxylic acid groups (broad SMARTS) is 1. The molecule has 0 aromatic carbocycles. The predicted molar refractivity (Wildman–Crippen MR) is 96.1 cm³/mol. The first-order chi connectivity index (χ1) is 13.6. The highest BCUT2D eigenvalue weighted by atomic mass is 35.5. The molecule has 4 heterocycles. The molecule has 0 radical (unpaired) electrons. The van der Waals surface area contributed by atoms with E-state index in [9.17, 15) is 13.2 Å². The van der Waals surface area contributed by atoms with Crippen molar-refractivity contribution in [3.05, 3.63) is 45.9 Å². The lowest BCUT2D eigenvalue weighted by molar-refractivity contribution is -0.192. The van der Waals surface area contributed by atoms with Crippen LogP contribution in [0.15, 0.2) is 23.0 Å². The highest BCUT2D eigenvalue weighted by Gasteiger charge is 2.38. The van der Waals surface area contributed by atoms with Gasteiger partial charge in [-0.2, -0.15) is 18.2 Å². The Morgan fingerprint density at radius 3 is 2.59 bits per heavy atom. The highest BCUT2D eigenvalue weighted by Crippen LogP contribution is 2.22. The fourth-order valence-corrected chi connectivity index (χ4v) is 3.04. The molecule has 2 N–H and O–H groups in total. The molecule has 1 saturated heterocycles. The van der Waals surface area contributed by atoms with Crippen molar-refractivity contribution in [3.63, 3.8) is 0 Å². The summed E-state index contributed by atoms with van der Waals surface area (Å²) in [5.41, 5.74) is 1.48. The molecule has 13 heteroatoms. The van der Waals surface area contributed by atoms with Crippen LogP contribution in [0.1, 0.15) is 17.4 Å². The Balaban J connectivity index is 0.000000298. The van der Waals surface area contributed by atoms with E-state index in [1.807, 2.05) is 6.20 Å². The van der Waals surface area contributed by atoms with Crippen molar-refractivity contribution in [1.29, 1.82) is 0 Å². The maximum atomic E-state index is 10.6. The smallest absolute Gasteiger partial charge is 0.475 e. The summed E-state index contributed by atoms with van der Waals surface area (Å²) < 4.78 is 38.8. The van der Waals surface area contributed by atoms with Crippen LogP contribution < -0.4 is 5.32 Å². The van der Waals surface area contributed by atoms with Crippen LogP contribution in [0.2, 0.25) is 10.0 Å². The molecule has 29 heavy (non-hydrogen) atoms. The van der Waals surface area contributed by atoms with E-state index in [1.165, 1.54) is 0 Å². The van der Waals surface area contributed by atoms with Gasteiger partial charge in [-0.15, -0.1) is 0 Å². The number of carboxylic acids is 1. The van der Waals surface area contributed by atoms with E-state index in [4.69, 9.17) is 37.6 Å². The number of pyridine rings is 1. The topological polar surface area (TPSA) is 106 Å². The van der Waals surface area contributed by atoms with Crippen molar-refractivity contribution in [2.45, 2.75) is 19.0 Å². The molecule has 0 spiro atoms. The summed E-state index contributed by atoms with van der Waals surface area (Å²) in [6, 6.07) is 1.67. The summed E-state index contributed by atoms with van der Waals surface area (Å²) in [6.45, 7) is 2.05. The Hall–Kier alpha value is -2.37. The van der Waals surface area contributed by atoms with Gasteiger partial charge in [-0.1, -0.05) is 28.4 Å². The summed E-state index contributed by atoms with van der Waals surface area (Å²) in [5.74, 6) is -0.826. The molecule has 0 saturated carbocycles. The second-order valence-corrected chi connectivity index (χ2v) is 7.13. The van der Waals surface area contributed by atoms with Gasteiger partial charge in [-0.05, 0) is 25.1 Å². The Morgan fingerprint density at radius 1 is 1.31 bits per heavy atom. The summed E-state index contributed by atoms with van der Waals surface area (Å²) >= 11 is 12.1. The van der Waals surface area contributed by atoms with E-state index in [0.717, 1.165) is 31.0 Å². The second kappa shape index (κ2) is 8.56. The number of hydrogen-bond acceptors (Lipinski definition) is 6. The lowest BCUT2D eigenvalue weighted by Gasteiger charge is -2.25. The average molecular weight is 452 g/mol. The molecule has 1 aliphatic heterocycles. The van der Waals surface area contributed by atoms with Gasteiger partial charge in [-0.25, -0.2) is 9.78 Å². The van der Waals surface area contributed by atoms with Gasteiger partial charge in [0.2, 0.25) is 5.89 Å². The van der Waals surface area contributed by atoms with Crippen LogP contribution in [0.5, 0.6) is 0 Å². The van der Waals surface area contributed by atoms with Crippen LogP contribution in [0.4, 0.5) is 13.2 Å². The minimum absolute atomic E-state index is 0.478. The number of rotatable bonds is 4. The first-order valence-corrected chi connectivity index (χ1v) is 9.02. The quantitative estimate of drug-likeness (QED) is 0.627. The summed E-state index contributed by atoms with van der Waals surface area (Å²) in [6.07, 6.45) is -0.121. The number of aromatic nitrogens is 4. The van der Waals surface area contributed by atoms with E-state index >= 15 is 0 Å². The summed E-state index contributed by atoms with van der Waals surface area (Å²) in [5, 5.41) is 15.5. The number of hydrogen-bond donors (Lipinski definition) is 2. The molecule has 4 rings (SSSR count). The minimum Gasteiger partial charge on any atom is -0.475 e. The van der Waals surface area contributed by atoms with Crippen molar-refractivity contribution >= 4 is 34.8 Å². The molecule has 0 atom stereocenters. The van der Waals surface area contributed by atoms with Gasteiger partial charge in [-0.3, -0.25) is 0 Å².